The van der Waals surface area contributed by atoms with Gasteiger partial charge in [0.1, 0.15) is 0 Å². The molecule has 6 heteroatoms. The second-order valence-electron chi connectivity index (χ2n) is 5.77. The molecule has 0 spiro atoms. The number of sulfonamides is 1. The fraction of sp³-hybridized carbons (Fsp3) is 0.600. The van der Waals surface area contributed by atoms with Crippen LogP contribution >= 0.6 is 12.4 Å². The third kappa shape index (κ3) is 5.25. The van der Waals surface area contributed by atoms with Crippen molar-refractivity contribution >= 4 is 22.4 Å². The van der Waals surface area contributed by atoms with E-state index in [9.17, 15) is 8.42 Å². The van der Waals surface area contributed by atoms with Crippen molar-refractivity contribution in [1.82, 2.24) is 10.0 Å². The minimum absolute atomic E-state index is 0. The molecule has 1 aliphatic rings. The molecule has 4 nitrogen and oxygen atoms in total. The number of hydrogen-bond acceptors (Lipinski definition) is 3. The van der Waals surface area contributed by atoms with Crippen LogP contribution in [0.25, 0.3) is 0 Å². The van der Waals surface area contributed by atoms with Crippen LogP contribution in [0.2, 0.25) is 0 Å². The summed E-state index contributed by atoms with van der Waals surface area (Å²) in [5.74, 6) is 1.01. The molecule has 120 valence electrons. The Kier molecular flexibility index (Phi) is 7.13. The number of nitrogens with one attached hydrogen (secondary N) is 2. The normalized spacial score (nSPS) is 18.7. The first kappa shape index (κ1) is 18.4. The summed E-state index contributed by atoms with van der Waals surface area (Å²) in [4.78, 5) is 0.353. The van der Waals surface area contributed by atoms with Gasteiger partial charge in [0.15, 0.2) is 0 Å². The zero-order valence-electron chi connectivity index (χ0n) is 12.6. The van der Waals surface area contributed by atoms with E-state index in [0.717, 1.165) is 31.5 Å². The van der Waals surface area contributed by atoms with Gasteiger partial charge < -0.3 is 5.32 Å². The van der Waals surface area contributed by atoms with Crippen LogP contribution in [0.4, 0.5) is 0 Å². The molecule has 1 aliphatic heterocycles. The summed E-state index contributed by atoms with van der Waals surface area (Å²) in [5.41, 5.74) is 1.15. The SMILES string of the molecule is CC(C)c1ccc(S(=O)(=O)NCCC2CCNC2)cc1.Cl. The van der Waals surface area contributed by atoms with Crippen molar-refractivity contribution in [2.24, 2.45) is 5.92 Å². The molecular formula is C15H25ClN2O2S. The maximum absolute atomic E-state index is 12.2. The highest BCUT2D eigenvalue weighted by Gasteiger charge is 2.17. The zero-order valence-corrected chi connectivity index (χ0v) is 14.3. The topological polar surface area (TPSA) is 58.2 Å². The Balaban J connectivity index is 0.00000220. The maximum atomic E-state index is 12.2. The van der Waals surface area contributed by atoms with Crippen LogP contribution < -0.4 is 10.0 Å². The van der Waals surface area contributed by atoms with Crippen molar-refractivity contribution < 1.29 is 8.42 Å². The summed E-state index contributed by atoms with van der Waals surface area (Å²) in [6.45, 7) is 6.76. The highest BCUT2D eigenvalue weighted by atomic mass is 35.5. The van der Waals surface area contributed by atoms with Gasteiger partial charge in [-0.25, -0.2) is 13.1 Å². The van der Waals surface area contributed by atoms with E-state index in [2.05, 4.69) is 23.9 Å². The van der Waals surface area contributed by atoms with Crippen LogP contribution in [0, 0.1) is 5.92 Å². The van der Waals surface area contributed by atoms with Gasteiger partial charge in [0.2, 0.25) is 10.0 Å². The van der Waals surface area contributed by atoms with E-state index in [4.69, 9.17) is 0 Å². The van der Waals surface area contributed by atoms with Gasteiger partial charge in [-0.05, 0) is 55.5 Å². The molecule has 0 aromatic heterocycles. The molecule has 1 heterocycles. The second kappa shape index (κ2) is 8.13. The quantitative estimate of drug-likeness (QED) is 0.841. The van der Waals surface area contributed by atoms with Gasteiger partial charge in [0.25, 0.3) is 0 Å². The largest absolute Gasteiger partial charge is 0.316 e. The third-order valence-electron chi connectivity index (χ3n) is 3.86. The van der Waals surface area contributed by atoms with Gasteiger partial charge in [-0.2, -0.15) is 0 Å². The molecule has 21 heavy (non-hydrogen) atoms. The lowest BCUT2D eigenvalue weighted by molar-refractivity contribution is 0.519. The van der Waals surface area contributed by atoms with Crippen LogP contribution in [0.15, 0.2) is 29.2 Å². The predicted molar refractivity (Wildman–Crippen MR) is 88.6 cm³/mol. The van der Waals surface area contributed by atoms with Crippen LogP contribution in [0.5, 0.6) is 0 Å². The average molecular weight is 333 g/mol. The lowest BCUT2D eigenvalue weighted by atomic mass is 10.0. The molecule has 0 bridgehead atoms. The van der Waals surface area contributed by atoms with E-state index in [1.807, 2.05) is 12.1 Å². The Labute approximate surface area is 134 Å². The van der Waals surface area contributed by atoms with Crippen molar-refractivity contribution in [3.05, 3.63) is 29.8 Å². The Morgan fingerprint density at radius 2 is 1.95 bits per heavy atom. The van der Waals surface area contributed by atoms with Gasteiger partial charge in [-0.3, -0.25) is 0 Å². The van der Waals surface area contributed by atoms with Crippen LogP contribution in [-0.4, -0.2) is 28.1 Å². The molecule has 0 aliphatic carbocycles. The van der Waals surface area contributed by atoms with E-state index in [1.54, 1.807) is 12.1 Å². The van der Waals surface area contributed by atoms with E-state index in [1.165, 1.54) is 0 Å². The molecule has 1 aromatic rings. The molecule has 2 rings (SSSR count). The first-order valence-corrected chi connectivity index (χ1v) is 8.77. The highest BCUT2D eigenvalue weighted by Crippen LogP contribution is 2.17. The van der Waals surface area contributed by atoms with Crippen molar-refractivity contribution in [3.8, 4) is 0 Å². The first-order chi connectivity index (χ1) is 9.49. The molecule has 1 atom stereocenters. The Morgan fingerprint density at radius 3 is 2.48 bits per heavy atom. The van der Waals surface area contributed by atoms with Crippen molar-refractivity contribution in [1.29, 1.82) is 0 Å². The van der Waals surface area contributed by atoms with Crippen LogP contribution in [0.3, 0.4) is 0 Å². The van der Waals surface area contributed by atoms with E-state index in [0.29, 0.717) is 23.3 Å². The summed E-state index contributed by atoms with van der Waals surface area (Å²) in [7, 11) is -3.36. The van der Waals surface area contributed by atoms with Gasteiger partial charge >= 0.3 is 0 Å². The van der Waals surface area contributed by atoms with E-state index >= 15 is 0 Å². The molecule has 1 unspecified atom stereocenters. The number of hydrogen-bond donors (Lipinski definition) is 2. The monoisotopic (exact) mass is 332 g/mol. The molecule has 1 saturated heterocycles. The minimum Gasteiger partial charge on any atom is -0.316 e. The molecule has 1 fully saturated rings. The molecule has 0 saturated carbocycles. The molecule has 0 radical (unpaired) electrons. The number of benzene rings is 1. The van der Waals surface area contributed by atoms with Crippen molar-refractivity contribution in [2.45, 2.75) is 37.5 Å². The van der Waals surface area contributed by atoms with Gasteiger partial charge in [-0.15, -0.1) is 12.4 Å². The van der Waals surface area contributed by atoms with Crippen LogP contribution in [0.1, 0.15) is 38.2 Å². The minimum atomic E-state index is -3.36. The molecular weight excluding hydrogens is 308 g/mol. The van der Waals surface area contributed by atoms with Gasteiger partial charge in [0, 0.05) is 6.54 Å². The Hall–Kier alpha value is -0.620. The predicted octanol–water partition coefficient (Wildman–Crippen LogP) is 2.51. The Morgan fingerprint density at radius 1 is 1.29 bits per heavy atom. The first-order valence-electron chi connectivity index (χ1n) is 7.29. The van der Waals surface area contributed by atoms with Gasteiger partial charge in [-0.1, -0.05) is 26.0 Å². The lowest BCUT2D eigenvalue weighted by Gasteiger charge is -2.11. The average Bonchev–Trinajstić information content (AvgIpc) is 2.92. The zero-order chi connectivity index (χ0) is 14.6. The lowest BCUT2D eigenvalue weighted by Crippen LogP contribution is -2.26. The Bertz CT molecular complexity index is 523. The third-order valence-corrected chi connectivity index (χ3v) is 5.34. The summed E-state index contributed by atoms with van der Waals surface area (Å²) in [5, 5.41) is 3.29. The molecule has 0 amide bonds. The summed E-state index contributed by atoms with van der Waals surface area (Å²) >= 11 is 0. The summed E-state index contributed by atoms with van der Waals surface area (Å²) < 4.78 is 27.0. The molecule has 2 N–H and O–H groups in total. The number of halogens is 1. The van der Waals surface area contributed by atoms with Crippen molar-refractivity contribution in [3.63, 3.8) is 0 Å². The summed E-state index contributed by atoms with van der Waals surface area (Å²) in [6, 6.07) is 7.16. The fourth-order valence-corrected chi connectivity index (χ4v) is 3.52. The van der Waals surface area contributed by atoms with E-state index < -0.39 is 10.0 Å². The molecule has 1 aromatic carbocycles. The van der Waals surface area contributed by atoms with Crippen molar-refractivity contribution in [2.75, 3.05) is 19.6 Å². The fourth-order valence-electron chi connectivity index (χ4n) is 2.47. The second-order valence-corrected chi connectivity index (χ2v) is 7.54. The summed E-state index contributed by atoms with van der Waals surface area (Å²) in [6.07, 6.45) is 2.04. The number of rotatable bonds is 6. The highest BCUT2D eigenvalue weighted by molar-refractivity contribution is 7.89. The van der Waals surface area contributed by atoms with E-state index in [-0.39, 0.29) is 12.4 Å². The van der Waals surface area contributed by atoms with Crippen LogP contribution in [-0.2, 0) is 10.0 Å². The standard InChI is InChI=1S/C15H24N2O2S.ClH/c1-12(2)14-3-5-15(6-4-14)20(18,19)17-10-8-13-7-9-16-11-13;/h3-6,12-13,16-17H,7-11H2,1-2H3;1H. The maximum Gasteiger partial charge on any atom is 0.240 e. The van der Waals surface area contributed by atoms with Gasteiger partial charge in [0.05, 0.1) is 4.90 Å². The smallest absolute Gasteiger partial charge is 0.240 e.